The first-order valence-electron chi connectivity index (χ1n) is 19.8. The fraction of sp³-hybridized carbons (Fsp3) is 0.0727. The molecule has 2 heteroatoms. The van der Waals surface area contributed by atoms with Crippen LogP contribution in [0.25, 0.3) is 71.4 Å². The molecule has 0 amide bonds. The van der Waals surface area contributed by atoms with Crippen LogP contribution >= 0.6 is 0 Å². The number of hydrogen-bond donors (Lipinski definition) is 1. The van der Waals surface area contributed by atoms with Crippen LogP contribution in [0.2, 0.25) is 0 Å². The Morgan fingerprint density at radius 2 is 1.14 bits per heavy atom. The normalized spacial score (nSPS) is 13.6. The largest absolute Gasteiger partial charge is 0.383 e. The fourth-order valence-electron chi connectivity index (χ4n) is 9.03. The van der Waals surface area contributed by atoms with Crippen molar-refractivity contribution >= 4 is 43.9 Å². The third kappa shape index (κ3) is 6.02. The van der Waals surface area contributed by atoms with Gasteiger partial charge < -0.3 is 5.73 Å². The molecular weight excluding hydrogens is 689 g/mol. The molecule has 57 heavy (non-hydrogen) atoms. The number of nitrogens with two attached hydrogens (primary N) is 1. The second-order valence-electron chi connectivity index (χ2n) is 15.7. The van der Waals surface area contributed by atoms with E-state index < -0.39 is 0 Å². The highest BCUT2D eigenvalue weighted by Gasteiger charge is 2.36. The second kappa shape index (κ2) is 13.9. The van der Waals surface area contributed by atoms with Crippen LogP contribution in [0.1, 0.15) is 41.7 Å². The Morgan fingerprint density at radius 3 is 1.96 bits per heavy atom. The molecule has 0 unspecified atom stereocenters. The zero-order valence-corrected chi connectivity index (χ0v) is 32.2. The van der Waals surface area contributed by atoms with Gasteiger partial charge in [-0.1, -0.05) is 202 Å². The van der Waals surface area contributed by atoms with Gasteiger partial charge in [-0.25, -0.2) is 4.99 Å². The highest BCUT2D eigenvalue weighted by molar-refractivity contribution is 6.12. The Hall–Kier alpha value is -7.03. The van der Waals surface area contributed by atoms with E-state index in [2.05, 4.69) is 208 Å². The van der Waals surface area contributed by atoms with E-state index in [1.165, 1.54) is 66.2 Å². The van der Waals surface area contributed by atoms with E-state index in [4.69, 9.17) is 10.7 Å². The van der Waals surface area contributed by atoms with Crippen LogP contribution in [0, 0.1) is 0 Å². The Morgan fingerprint density at radius 1 is 0.491 bits per heavy atom. The molecule has 0 radical (unpaired) electrons. The van der Waals surface area contributed by atoms with Gasteiger partial charge in [-0.2, -0.15) is 0 Å². The van der Waals surface area contributed by atoms with Crippen molar-refractivity contribution in [1.82, 2.24) is 0 Å². The highest BCUT2D eigenvalue weighted by atomic mass is 14.9. The highest BCUT2D eigenvalue weighted by Crippen LogP contribution is 2.52. The van der Waals surface area contributed by atoms with Crippen molar-refractivity contribution < 1.29 is 0 Å². The Kier molecular flexibility index (Phi) is 8.42. The predicted molar refractivity (Wildman–Crippen MR) is 243 cm³/mol. The zero-order valence-electron chi connectivity index (χ0n) is 32.2. The molecule has 1 aliphatic carbocycles. The third-order valence-electron chi connectivity index (χ3n) is 11.9. The molecule has 0 saturated carbocycles. The van der Waals surface area contributed by atoms with Crippen LogP contribution in [-0.2, 0) is 11.8 Å². The first kappa shape index (κ1) is 34.5. The van der Waals surface area contributed by atoms with E-state index >= 15 is 0 Å². The molecular formula is C55H42N2. The van der Waals surface area contributed by atoms with Crippen LogP contribution in [-0.4, -0.2) is 5.84 Å². The quantitative estimate of drug-likeness (QED) is 0.129. The van der Waals surface area contributed by atoms with Crippen LogP contribution in [0.3, 0.4) is 0 Å². The third-order valence-corrected chi connectivity index (χ3v) is 11.9. The average Bonchev–Trinajstić information content (AvgIpc) is 3.50. The van der Waals surface area contributed by atoms with Gasteiger partial charge in [0, 0.05) is 16.5 Å². The van der Waals surface area contributed by atoms with Gasteiger partial charge in [0.1, 0.15) is 5.84 Å². The molecule has 0 aromatic heterocycles. The molecule has 9 aromatic rings. The average molecular weight is 731 g/mol. The summed E-state index contributed by atoms with van der Waals surface area (Å²) in [6.07, 6.45) is 2.94. The lowest BCUT2D eigenvalue weighted by Gasteiger charge is -2.22. The van der Waals surface area contributed by atoms with Crippen molar-refractivity contribution in [3.8, 4) is 33.4 Å². The molecule has 0 aliphatic heterocycles. The minimum atomic E-state index is -0.123. The second-order valence-corrected chi connectivity index (χ2v) is 15.7. The van der Waals surface area contributed by atoms with Crippen molar-refractivity contribution in [1.29, 1.82) is 0 Å². The maximum absolute atomic E-state index is 6.99. The molecule has 0 spiro atoms. The Balaban J connectivity index is 1.10. The van der Waals surface area contributed by atoms with Crippen molar-refractivity contribution in [3.05, 3.63) is 222 Å². The van der Waals surface area contributed by atoms with E-state index in [-0.39, 0.29) is 5.41 Å². The fourth-order valence-corrected chi connectivity index (χ4v) is 9.03. The van der Waals surface area contributed by atoms with Gasteiger partial charge in [0.25, 0.3) is 0 Å². The summed E-state index contributed by atoms with van der Waals surface area (Å²) < 4.78 is 0. The number of aliphatic imine (C=N–C) groups is 1. The van der Waals surface area contributed by atoms with Gasteiger partial charge >= 0.3 is 0 Å². The lowest BCUT2D eigenvalue weighted by Crippen LogP contribution is -2.15. The number of benzene rings is 9. The number of nitrogens with zero attached hydrogens (tertiary/aromatic N) is 1. The Bertz CT molecular complexity index is 3070. The van der Waals surface area contributed by atoms with E-state index in [0.29, 0.717) is 12.3 Å². The predicted octanol–water partition coefficient (Wildman–Crippen LogP) is 13.8. The van der Waals surface area contributed by atoms with Crippen LogP contribution in [0.15, 0.2) is 199 Å². The molecule has 272 valence electrons. The number of rotatable bonds is 7. The van der Waals surface area contributed by atoms with Crippen molar-refractivity contribution in [2.45, 2.75) is 25.7 Å². The SMILES string of the molecule is CC1(C)c2cc(-c3ccc(/C(=C/Cc4cccc(-c5ccccc5)c4)N=C(N)c4cccc5ccccc45)c4ccccc34)ccc2-c2c1ccc1ccccc21. The van der Waals surface area contributed by atoms with Gasteiger partial charge in [-0.15, -0.1) is 0 Å². The minimum absolute atomic E-state index is 0.123. The molecule has 9 aromatic carbocycles. The standard InChI is InChI=1S/C55H42N2/c1-55(2)50-32-28-39-18-7-9-22-44(39)53(50)49-29-27-41(35-51(49)55)43-30-31-47(46-24-11-10-23-45(43)46)52(57-54(56)48-25-13-19-38-17-6-8-21-42(38)48)33-26-36-14-12-20-40(34-36)37-15-4-3-5-16-37/h3-25,27-35H,26H2,1-2H3,(H2,56,57)/b52-33-. The molecule has 0 heterocycles. The molecule has 1 aliphatic rings. The number of fused-ring (bicyclic) bond motifs is 7. The van der Waals surface area contributed by atoms with Crippen LogP contribution in [0.4, 0.5) is 0 Å². The van der Waals surface area contributed by atoms with E-state index in [9.17, 15) is 0 Å². The van der Waals surface area contributed by atoms with Gasteiger partial charge in [-0.3, -0.25) is 0 Å². The summed E-state index contributed by atoms with van der Waals surface area (Å²) in [5, 5.41) is 7.15. The minimum Gasteiger partial charge on any atom is -0.383 e. The molecule has 2 nitrogen and oxygen atoms in total. The van der Waals surface area contributed by atoms with Gasteiger partial charge in [0.15, 0.2) is 0 Å². The summed E-state index contributed by atoms with van der Waals surface area (Å²) in [4.78, 5) is 5.28. The maximum atomic E-state index is 6.99. The molecule has 0 fully saturated rings. The first-order chi connectivity index (χ1) is 27.9. The number of allylic oxidation sites excluding steroid dienone is 1. The van der Waals surface area contributed by atoms with E-state index in [1.807, 2.05) is 0 Å². The van der Waals surface area contributed by atoms with Crippen LogP contribution < -0.4 is 5.73 Å². The summed E-state index contributed by atoms with van der Waals surface area (Å²) in [7, 11) is 0. The maximum Gasteiger partial charge on any atom is 0.131 e. The smallest absolute Gasteiger partial charge is 0.131 e. The van der Waals surface area contributed by atoms with E-state index in [0.717, 1.165) is 33.0 Å². The monoisotopic (exact) mass is 730 g/mol. The molecule has 0 atom stereocenters. The van der Waals surface area contributed by atoms with Gasteiger partial charge in [0.2, 0.25) is 0 Å². The van der Waals surface area contributed by atoms with Crippen molar-refractivity contribution in [2.24, 2.45) is 10.7 Å². The summed E-state index contributed by atoms with van der Waals surface area (Å²) >= 11 is 0. The molecule has 0 saturated heterocycles. The topological polar surface area (TPSA) is 38.4 Å². The molecule has 10 rings (SSSR count). The lowest BCUT2D eigenvalue weighted by atomic mass is 9.81. The van der Waals surface area contributed by atoms with E-state index in [1.54, 1.807) is 0 Å². The summed E-state index contributed by atoms with van der Waals surface area (Å²) in [6, 6.07) is 67.6. The number of hydrogen-bond acceptors (Lipinski definition) is 1. The van der Waals surface area contributed by atoms with Gasteiger partial charge in [0.05, 0.1) is 5.70 Å². The van der Waals surface area contributed by atoms with Gasteiger partial charge in [-0.05, 0) is 94.9 Å². The van der Waals surface area contributed by atoms with Crippen molar-refractivity contribution in [3.63, 3.8) is 0 Å². The summed E-state index contributed by atoms with van der Waals surface area (Å²) in [6.45, 7) is 4.73. The Labute approximate surface area is 334 Å². The van der Waals surface area contributed by atoms with Crippen molar-refractivity contribution in [2.75, 3.05) is 0 Å². The molecule has 2 N–H and O–H groups in total. The zero-order chi connectivity index (χ0) is 38.5. The summed E-state index contributed by atoms with van der Waals surface area (Å²) in [5.74, 6) is 0.497. The number of amidine groups is 1. The summed E-state index contributed by atoms with van der Waals surface area (Å²) in [5.41, 5.74) is 21.2. The molecule has 0 bridgehead atoms. The lowest BCUT2D eigenvalue weighted by molar-refractivity contribution is 0.661. The van der Waals surface area contributed by atoms with Crippen LogP contribution in [0.5, 0.6) is 0 Å². The first-order valence-corrected chi connectivity index (χ1v) is 19.8.